The number of nitrogens with two attached hydrogens (primary N) is 1. The highest BCUT2D eigenvalue weighted by molar-refractivity contribution is 5.79. The fourth-order valence-corrected chi connectivity index (χ4v) is 2.53. The predicted octanol–water partition coefficient (Wildman–Crippen LogP) is 1.07. The maximum Gasteiger partial charge on any atom is 0.298 e. The lowest BCUT2D eigenvalue weighted by Crippen LogP contribution is -2.51. The molecule has 1 amide bonds. The number of piperazine rings is 1. The molecule has 2 aromatic rings. The molecule has 21 heavy (non-hydrogen) atoms. The molecule has 2 N–H and O–H groups in total. The van der Waals surface area contributed by atoms with Gasteiger partial charge in [0.25, 0.3) is 6.01 Å². The molecule has 1 aromatic carbocycles. The second kappa shape index (κ2) is 5.73. The van der Waals surface area contributed by atoms with Crippen LogP contribution >= 0.6 is 0 Å². The molecule has 0 aliphatic carbocycles. The number of carbonyl (C=O) groups is 1. The molecule has 3 rings (SSSR count). The Hall–Kier alpha value is -2.08. The van der Waals surface area contributed by atoms with Gasteiger partial charge in [0.15, 0.2) is 5.58 Å². The summed E-state index contributed by atoms with van der Waals surface area (Å²) >= 11 is 0. The molecule has 0 bridgehead atoms. The van der Waals surface area contributed by atoms with E-state index in [-0.39, 0.29) is 11.8 Å². The van der Waals surface area contributed by atoms with Crippen molar-refractivity contribution < 1.29 is 9.21 Å². The number of aromatic nitrogens is 1. The Bertz CT molecular complexity index is 598. The molecule has 1 saturated heterocycles. The van der Waals surface area contributed by atoms with E-state index in [0.29, 0.717) is 25.6 Å². The highest BCUT2D eigenvalue weighted by Crippen LogP contribution is 2.22. The van der Waals surface area contributed by atoms with Crippen molar-refractivity contribution in [2.45, 2.75) is 6.92 Å². The molecule has 0 radical (unpaired) electrons. The number of hydrogen-bond donors (Lipinski definition) is 1. The van der Waals surface area contributed by atoms with Gasteiger partial charge in [0.05, 0.1) is 0 Å². The first-order valence-corrected chi connectivity index (χ1v) is 7.28. The Morgan fingerprint density at radius 1 is 1.33 bits per heavy atom. The van der Waals surface area contributed by atoms with Crippen molar-refractivity contribution in [3.05, 3.63) is 24.3 Å². The van der Waals surface area contributed by atoms with E-state index in [1.54, 1.807) is 0 Å². The van der Waals surface area contributed by atoms with Crippen LogP contribution in [-0.2, 0) is 4.79 Å². The van der Waals surface area contributed by atoms with Gasteiger partial charge in [0, 0.05) is 38.6 Å². The van der Waals surface area contributed by atoms with Crippen LogP contribution in [0.1, 0.15) is 6.92 Å². The van der Waals surface area contributed by atoms with E-state index < -0.39 is 0 Å². The van der Waals surface area contributed by atoms with E-state index >= 15 is 0 Å². The maximum absolute atomic E-state index is 12.1. The summed E-state index contributed by atoms with van der Waals surface area (Å²) in [5, 5.41) is 0. The smallest absolute Gasteiger partial charge is 0.298 e. The first kappa shape index (κ1) is 13.9. The van der Waals surface area contributed by atoms with E-state index in [9.17, 15) is 4.79 Å². The fraction of sp³-hybridized carbons (Fsp3) is 0.467. The Morgan fingerprint density at radius 2 is 2.05 bits per heavy atom. The van der Waals surface area contributed by atoms with Crippen molar-refractivity contribution in [2.24, 2.45) is 11.7 Å². The van der Waals surface area contributed by atoms with Crippen molar-refractivity contribution in [1.82, 2.24) is 9.88 Å². The molecular weight excluding hydrogens is 268 g/mol. The van der Waals surface area contributed by atoms with Gasteiger partial charge in [0.1, 0.15) is 5.52 Å². The Labute approximate surface area is 123 Å². The highest BCUT2D eigenvalue weighted by Gasteiger charge is 2.26. The second-order valence-electron chi connectivity index (χ2n) is 5.41. The third-order valence-corrected chi connectivity index (χ3v) is 3.92. The van der Waals surface area contributed by atoms with Gasteiger partial charge in [-0.15, -0.1) is 0 Å². The number of amides is 1. The van der Waals surface area contributed by atoms with Crippen LogP contribution in [0.2, 0.25) is 0 Å². The van der Waals surface area contributed by atoms with Crippen LogP contribution in [0, 0.1) is 5.92 Å². The topological polar surface area (TPSA) is 75.6 Å². The molecule has 1 atom stereocenters. The summed E-state index contributed by atoms with van der Waals surface area (Å²) in [6.07, 6.45) is 0. The Balaban J connectivity index is 1.67. The minimum atomic E-state index is -0.110. The Morgan fingerprint density at radius 3 is 2.71 bits per heavy atom. The summed E-state index contributed by atoms with van der Waals surface area (Å²) in [6, 6.07) is 8.36. The van der Waals surface area contributed by atoms with Crippen LogP contribution in [0.4, 0.5) is 6.01 Å². The standard InChI is InChI=1S/C15H20N4O2/c1-11(10-16)14(20)18-6-8-19(9-7-18)15-17-12-4-2-3-5-13(12)21-15/h2-5,11H,6-10,16H2,1H3. The minimum absolute atomic E-state index is 0.110. The van der Waals surface area contributed by atoms with Gasteiger partial charge in [-0.25, -0.2) is 0 Å². The lowest BCUT2D eigenvalue weighted by Gasteiger charge is -2.35. The van der Waals surface area contributed by atoms with Crippen LogP contribution in [0.3, 0.4) is 0 Å². The van der Waals surface area contributed by atoms with Gasteiger partial charge in [-0.2, -0.15) is 4.98 Å². The predicted molar refractivity (Wildman–Crippen MR) is 81.0 cm³/mol. The molecule has 2 heterocycles. The zero-order valence-corrected chi connectivity index (χ0v) is 12.2. The average molecular weight is 288 g/mol. The molecule has 1 fully saturated rings. The first-order chi connectivity index (χ1) is 10.2. The Kier molecular flexibility index (Phi) is 3.79. The number of benzene rings is 1. The van der Waals surface area contributed by atoms with Crippen LogP contribution in [0.25, 0.3) is 11.1 Å². The molecular formula is C15H20N4O2. The van der Waals surface area contributed by atoms with Crippen LogP contribution in [-0.4, -0.2) is 48.5 Å². The van der Waals surface area contributed by atoms with E-state index in [4.69, 9.17) is 10.2 Å². The van der Waals surface area contributed by atoms with Crippen LogP contribution in [0.5, 0.6) is 0 Å². The summed E-state index contributed by atoms with van der Waals surface area (Å²) in [4.78, 5) is 20.5. The summed E-state index contributed by atoms with van der Waals surface area (Å²) in [5.74, 6) is 0.0237. The second-order valence-corrected chi connectivity index (χ2v) is 5.41. The number of anilines is 1. The molecule has 1 aliphatic rings. The average Bonchev–Trinajstić information content (AvgIpc) is 2.97. The van der Waals surface area contributed by atoms with Crippen LogP contribution in [0.15, 0.2) is 28.7 Å². The molecule has 1 aromatic heterocycles. The minimum Gasteiger partial charge on any atom is -0.423 e. The monoisotopic (exact) mass is 288 g/mol. The number of fused-ring (bicyclic) bond motifs is 1. The third kappa shape index (κ3) is 2.71. The molecule has 6 heteroatoms. The fourth-order valence-electron chi connectivity index (χ4n) is 2.53. The first-order valence-electron chi connectivity index (χ1n) is 7.28. The number of oxazole rings is 1. The van der Waals surface area contributed by atoms with Crippen molar-refractivity contribution in [3.63, 3.8) is 0 Å². The molecule has 1 unspecified atom stereocenters. The van der Waals surface area contributed by atoms with Crippen molar-refractivity contribution in [2.75, 3.05) is 37.6 Å². The maximum atomic E-state index is 12.1. The number of carbonyl (C=O) groups excluding carboxylic acids is 1. The largest absolute Gasteiger partial charge is 0.423 e. The summed E-state index contributed by atoms with van der Waals surface area (Å²) in [5.41, 5.74) is 7.22. The van der Waals surface area contributed by atoms with E-state index in [1.807, 2.05) is 36.1 Å². The lowest BCUT2D eigenvalue weighted by molar-refractivity contribution is -0.135. The van der Waals surface area contributed by atoms with Gasteiger partial charge in [0.2, 0.25) is 5.91 Å². The molecule has 6 nitrogen and oxygen atoms in total. The van der Waals surface area contributed by atoms with Crippen molar-refractivity contribution >= 4 is 23.0 Å². The van der Waals surface area contributed by atoms with E-state index in [2.05, 4.69) is 9.88 Å². The summed E-state index contributed by atoms with van der Waals surface area (Å²) < 4.78 is 5.76. The number of hydrogen-bond acceptors (Lipinski definition) is 5. The molecule has 1 aliphatic heterocycles. The summed E-state index contributed by atoms with van der Waals surface area (Å²) in [6.45, 7) is 5.09. The quantitative estimate of drug-likeness (QED) is 0.914. The van der Waals surface area contributed by atoms with Gasteiger partial charge in [-0.05, 0) is 12.1 Å². The van der Waals surface area contributed by atoms with Gasteiger partial charge in [-0.1, -0.05) is 19.1 Å². The lowest BCUT2D eigenvalue weighted by atomic mass is 10.1. The molecule has 0 spiro atoms. The van der Waals surface area contributed by atoms with Gasteiger partial charge >= 0.3 is 0 Å². The number of rotatable bonds is 3. The summed E-state index contributed by atoms with van der Waals surface area (Å²) in [7, 11) is 0. The number of para-hydroxylation sites is 2. The number of nitrogens with zero attached hydrogens (tertiary/aromatic N) is 3. The zero-order valence-electron chi connectivity index (χ0n) is 12.2. The van der Waals surface area contributed by atoms with Crippen LogP contribution < -0.4 is 10.6 Å². The van der Waals surface area contributed by atoms with Gasteiger partial charge in [-0.3, -0.25) is 4.79 Å². The SMILES string of the molecule is CC(CN)C(=O)N1CCN(c2nc3ccccc3o2)CC1. The molecule has 112 valence electrons. The van der Waals surface area contributed by atoms with Crippen molar-refractivity contribution in [3.8, 4) is 0 Å². The highest BCUT2D eigenvalue weighted by atomic mass is 16.4. The van der Waals surface area contributed by atoms with E-state index in [0.717, 1.165) is 24.2 Å². The molecule has 0 saturated carbocycles. The normalized spacial score (nSPS) is 17.2. The van der Waals surface area contributed by atoms with E-state index in [1.165, 1.54) is 0 Å². The van der Waals surface area contributed by atoms with Crippen molar-refractivity contribution in [1.29, 1.82) is 0 Å². The van der Waals surface area contributed by atoms with Gasteiger partial charge < -0.3 is 20.0 Å². The third-order valence-electron chi connectivity index (χ3n) is 3.92. The zero-order chi connectivity index (χ0) is 14.8.